The van der Waals surface area contributed by atoms with Crippen LogP contribution < -0.4 is 0 Å². The maximum atomic E-state index is 14.2. The van der Waals surface area contributed by atoms with Crippen LogP contribution in [0, 0.1) is 0 Å². The van der Waals surface area contributed by atoms with E-state index in [-0.39, 0.29) is 18.6 Å². The second-order valence-electron chi connectivity index (χ2n) is 8.08. The number of hydrogen-bond acceptors (Lipinski definition) is 5. The largest absolute Gasteiger partial charge is 0.457 e. The van der Waals surface area contributed by atoms with E-state index in [9.17, 15) is 18.0 Å². The molecule has 3 rings (SSSR count). The smallest absolute Gasteiger partial charge is 0.432 e. The minimum absolute atomic E-state index is 0.0943. The molecule has 0 amide bonds. The summed E-state index contributed by atoms with van der Waals surface area (Å²) in [5.74, 6) is -2.46. The van der Waals surface area contributed by atoms with Gasteiger partial charge in [0.25, 0.3) is 5.60 Å². The second kappa shape index (κ2) is 9.60. The van der Waals surface area contributed by atoms with Gasteiger partial charge >= 0.3 is 12.1 Å². The Morgan fingerprint density at radius 3 is 2.19 bits per heavy atom. The molecule has 1 heterocycles. The average Bonchev–Trinajstić information content (AvgIpc) is 3.12. The van der Waals surface area contributed by atoms with Gasteiger partial charge in [-0.3, -0.25) is 0 Å². The third kappa shape index (κ3) is 5.14. The molecule has 1 saturated heterocycles. The van der Waals surface area contributed by atoms with Crippen LogP contribution in [0.25, 0.3) is 0 Å². The van der Waals surface area contributed by atoms with E-state index >= 15 is 0 Å². The molecule has 0 aromatic heterocycles. The molecule has 0 aliphatic carbocycles. The predicted molar refractivity (Wildman–Crippen MR) is 111 cm³/mol. The predicted octanol–water partition coefficient (Wildman–Crippen LogP) is 4.79. The standard InChI is InChI=1S/C24H27F3O5/c1-22(2)30-16-20(32-22)19(15-14-17-10-6-4-7-11-17)31-21(28)23(29-3,24(25,26)27)18-12-8-5-9-13-18/h4-13,19-20H,14-16H2,1-3H3/t19-,20+,23-/m0/s1. The third-order valence-electron chi connectivity index (χ3n) is 5.44. The number of hydrogen-bond donors (Lipinski definition) is 0. The van der Waals surface area contributed by atoms with E-state index in [4.69, 9.17) is 18.9 Å². The lowest BCUT2D eigenvalue weighted by Crippen LogP contribution is -2.53. The lowest BCUT2D eigenvalue weighted by molar-refractivity contribution is -0.280. The first-order valence-corrected chi connectivity index (χ1v) is 10.3. The van der Waals surface area contributed by atoms with E-state index in [1.807, 2.05) is 30.3 Å². The van der Waals surface area contributed by atoms with Crippen LogP contribution in [0.5, 0.6) is 0 Å². The number of methoxy groups -OCH3 is 1. The topological polar surface area (TPSA) is 54.0 Å². The normalized spacial score (nSPS) is 21.0. The highest BCUT2D eigenvalue weighted by atomic mass is 19.4. The lowest BCUT2D eigenvalue weighted by Gasteiger charge is -2.34. The Labute approximate surface area is 185 Å². The highest BCUT2D eigenvalue weighted by Gasteiger charge is 2.64. The molecule has 3 atom stereocenters. The molecule has 0 saturated carbocycles. The summed E-state index contributed by atoms with van der Waals surface area (Å²) in [5, 5.41) is 0. The monoisotopic (exact) mass is 452 g/mol. The van der Waals surface area contributed by atoms with Crippen molar-refractivity contribution in [2.75, 3.05) is 13.7 Å². The number of aryl methyl sites for hydroxylation is 1. The molecular weight excluding hydrogens is 425 g/mol. The summed E-state index contributed by atoms with van der Waals surface area (Å²) in [6, 6.07) is 16.1. The molecule has 32 heavy (non-hydrogen) atoms. The minimum atomic E-state index is -5.05. The Hall–Kier alpha value is -2.42. The van der Waals surface area contributed by atoms with Gasteiger partial charge in [-0.1, -0.05) is 60.7 Å². The van der Waals surface area contributed by atoms with Gasteiger partial charge in [0.15, 0.2) is 5.79 Å². The van der Waals surface area contributed by atoms with E-state index in [1.54, 1.807) is 19.9 Å². The zero-order valence-corrected chi connectivity index (χ0v) is 18.2. The van der Waals surface area contributed by atoms with Gasteiger partial charge in [0.05, 0.1) is 6.61 Å². The fourth-order valence-corrected chi connectivity index (χ4v) is 3.78. The molecule has 0 N–H and O–H groups in total. The summed E-state index contributed by atoms with van der Waals surface area (Å²) < 4.78 is 64.4. The summed E-state index contributed by atoms with van der Waals surface area (Å²) in [6.45, 7) is 3.49. The molecule has 8 heteroatoms. The van der Waals surface area contributed by atoms with Crippen molar-refractivity contribution in [1.82, 2.24) is 0 Å². The maximum Gasteiger partial charge on any atom is 0.432 e. The van der Waals surface area contributed by atoms with E-state index in [0.29, 0.717) is 6.42 Å². The Kier molecular flexibility index (Phi) is 7.27. The van der Waals surface area contributed by atoms with Crippen LogP contribution in [0.3, 0.4) is 0 Å². The molecule has 0 radical (unpaired) electrons. The van der Waals surface area contributed by atoms with Crippen molar-refractivity contribution in [2.24, 2.45) is 0 Å². The van der Waals surface area contributed by atoms with Crippen LogP contribution in [-0.4, -0.2) is 43.9 Å². The van der Waals surface area contributed by atoms with E-state index in [1.165, 1.54) is 24.3 Å². The Morgan fingerprint density at radius 1 is 1.09 bits per heavy atom. The summed E-state index contributed by atoms with van der Waals surface area (Å²) in [5.41, 5.74) is -2.65. The van der Waals surface area contributed by atoms with Crippen molar-refractivity contribution < 1.29 is 36.9 Å². The summed E-state index contributed by atoms with van der Waals surface area (Å²) in [7, 11) is 0.846. The first kappa shape index (κ1) is 24.2. The molecule has 174 valence electrons. The fourth-order valence-electron chi connectivity index (χ4n) is 3.78. The van der Waals surface area contributed by atoms with Crippen LogP contribution in [0.2, 0.25) is 0 Å². The number of rotatable bonds is 8. The number of ether oxygens (including phenoxy) is 4. The number of carbonyl (C=O) groups excluding carboxylic acids is 1. The van der Waals surface area contributed by atoms with Gasteiger partial charge in [-0.2, -0.15) is 13.2 Å². The SMILES string of the molecule is CO[C@](C(=O)O[C@@H](CCc1ccccc1)[C@H]1COC(C)(C)O1)(c1ccccc1)C(F)(F)F. The Bertz CT molecular complexity index is 886. The van der Waals surface area contributed by atoms with Crippen LogP contribution in [0.15, 0.2) is 60.7 Å². The molecule has 1 aliphatic rings. The molecule has 5 nitrogen and oxygen atoms in total. The van der Waals surface area contributed by atoms with Gasteiger partial charge < -0.3 is 18.9 Å². The number of carbonyl (C=O) groups is 1. The van der Waals surface area contributed by atoms with Gasteiger partial charge in [0, 0.05) is 12.7 Å². The molecular formula is C24H27F3O5. The van der Waals surface area contributed by atoms with Crippen molar-refractivity contribution in [3.8, 4) is 0 Å². The first-order chi connectivity index (χ1) is 15.1. The zero-order chi connectivity index (χ0) is 23.4. The average molecular weight is 452 g/mol. The molecule has 0 unspecified atom stereocenters. The van der Waals surface area contributed by atoms with Crippen molar-refractivity contribution in [3.05, 3.63) is 71.8 Å². The van der Waals surface area contributed by atoms with Gasteiger partial charge in [0.1, 0.15) is 12.2 Å². The number of esters is 1. The molecule has 1 fully saturated rings. The number of alkyl halides is 3. The Balaban J connectivity index is 1.89. The van der Waals surface area contributed by atoms with Crippen molar-refractivity contribution in [1.29, 1.82) is 0 Å². The highest BCUT2D eigenvalue weighted by molar-refractivity contribution is 5.83. The van der Waals surface area contributed by atoms with E-state index in [0.717, 1.165) is 12.7 Å². The van der Waals surface area contributed by atoms with Gasteiger partial charge in [-0.05, 0) is 32.3 Å². The fraction of sp³-hybridized carbons (Fsp3) is 0.458. The first-order valence-electron chi connectivity index (χ1n) is 10.3. The van der Waals surface area contributed by atoms with E-state index in [2.05, 4.69) is 0 Å². The highest BCUT2D eigenvalue weighted by Crippen LogP contribution is 2.43. The summed E-state index contributed by atoms with van der Waals surface area (Å²) in [6.07, 6.45) is -5.99. The zero-order valence-electron chi connectivity index (χ0n) is 18.2. The van der Waals surface area contributed by atoms with Gasteiger partial charge in [-0.25, -0.2) is 4.79 Å². The van der Waals surface area contributed by atoms with Crippen molar-refractivity contribution >= 4 is 5.97 Å². The van der Waals surface area contributed by atoms with Crippen molar-refractivity contribution in [2.45, 2.75) is 56.5 Å². The van der Waals surface area contributed by atoms with Gasteiger partial charge in [-0.15, -0.1) is 0 Å². The number of benzene rings is 2. The van der Waals surface area contributed by atoms with Crippen molar-refractivity contribution in [3.63, 3.8) is 0 Å². The molecule has 2 aromatic carbocycles. The third-order valence-corrected chi connectivity index (χ3v) is 5.44. The van der Waals surface area contributed by atoms with Gasteiger partial charge in [0.2, 0.25) is 0 Å². The van der Waals surface area contributed by atoms with Crippen LogP contribution >= 0.6 is 0 Å². The Morgan fingerprint density at radius 2 is 1.69 bits per heavy atom. The number of halogens is 3. The molecule has 0 bridgehead atoms. The lowest BCUT2D eigenvalue weighted by atomic mass is 9.92. The maximum absolute atomic E-state index is 14.2. The van der Waals surface area contributed by atoms with Crippen LogP contribution in [0.1, 0.15) is 31.4 Å². The second-order valence-corrected chi connectivity index (χ2v) is 8.08. The minimum Gasteiger partial charge on any atom is -0.457 e. The quantitative estimate of drug-likeness (QED) is 0.540. The molecule has 1 aliphatic heterocycles. The molecule has 2 aromatic rings. The van der Waals surface area contributed by atoms with Crippen LogP contribution in [0.4, 0.5) is 13.2 Å². The van der Waals surface area contributed by atoms with Crippen LogP contribution in [-0.2, 0) is 35.8 Å². The van der Waals surface area contributed by atoms with E-state index < -0.39 is 35.7 Å². The summed E-state index contributed by atoms with van der Waals surface area (Å²) >= 11 is 0. The molecule has 0 spiro atoms. The summed E-state index contributed by atoms with van der Waals surface area (Å²) in [4.78, 5) is 13.1.